The van der Waals surface area contributed by atoms with Crippen molar-refractivity contribution in [2.45, 2.75) is 26.4 Å². The Labute approximate surface area is 187 Å². The summed E-state index contributed by atoms with van der Waals surface area (Å²) in [5.74, 6) is -0.0968. The molecule has 2 heterocycles. The van der Waals surface area contributed by atoms with Gasteiger partial charge in [-0.25, -0.2) is 0 Å². The molecular formula is C22H20Cl2N4O3. The Kier molecular flexibility index (Phi) is 5.80. The van der Waals surface area contributed by atoms with Gasteiger partial charge < -0.3 is 14.9 Å². The lowest BCUT2D eigenvalue weighted by Gasteiger charge is -2.20. The van der Waals surface area contributed by atoms with Crippen LogP contribution in [-0.2, 0) is 6.61 Å². The van der Waals surface area contributed by atoms with E-state index in [1.807, 2.05) is 18.2 Å². The summed E-state index contributed by atoms with van der Waals surface area (Å²) in [6.45, 7) is 3.77. The molecule has 31 heavy (non-hydrogen) atoms. The summed E-state index contributed by atoms with van der Waals surface area (Å²) < 4.78 is 6.11. The molecule has 0 spiro atoms. The van der Waals surface area contributed by atoms with E-state index < -0.39 is 5.92 Å². The van der Waals surface area contributed by atoms with Crippen molar-refractivity contribution in [2.24, 2.45) is 0 Å². The number of H-pyrrole nitrogens is 4. The molecule has 2 aromatic heterocycles. The van der Waals surface area contributed by atoms with E-state index >= 15 is 0 Å². The Morgan fingerprint density at radius 3 is 2.03 bits per heavy atom. The fourth-order valence-corrected chi connectivity index (χ4v) is 4.17. The molecule has 0 amide bonds. The number of aromatic nitrogens is 4. The van der Waals surface area contributed by atoms with Crippen molar-refractivity contribution < 1.29 is 4.74 Å². The zero-order chi connectivity index (χ0) is 22.1. The van der Waals surface area contributed by atoms with Crippen LogP contribution in [0.3, 0.4) is 0 Å². The summed E-state index contributed by atoms with van der Waals surface area (Å²) in [6.07, 6.45) is 0. The van der Waals surface area contributed by atoms with E-state index in [0.29, 0.717) is 43.9 Å². The van der Waals surface area contributed by atoms with Gasteiger partial charge in [0.2, 0.25) is 0 Å². The first-order valence-corrected chi connectivity index (χ1v) is 10.3. The summed E-state index contributed by atoms with van der Waals surface area (Å²) in [4.78, 5) is 25.3. The van der Waals surface area contributed by atoms with Gasteiger partial charge in [0.25, 0.3) is 11.1 Å². The third-order valence-corrected chi connectivity index (χ3v) is 5.82. The van der Waals surface area contributed by atoms with Crippen molar-refractivity contribution in [1.82, 2.24) is 20.4 Å². The number of rotatable bonds is 6. The van der Waals surface area contributed by atoms with Gasteiger partial charge in [-0.15, -0.1) is 0 Å². The first kappa shape index (κ1) is 21.1. The number of hydrogen-bond acceptors (Lipinski definition) is 3. The van der Waals surface area contributed by atoms with Crippen LogP contribution in [0.15, 0.2) is 52.1 Å². The minimum absolute atomic E-state index is 0.199. The van der Waals surface area contributed by atoms with Gasteiger partial charge in [-0.05, 0) is 32.0 Å². The van der Waals surface area contributed by atoms with Crippen LogP contribution >= 0.6 is 23.2 Å². The second kappa shape index (κ2) is 8.53. The minimum atomic E-state index is -0.637. The van der Waals surface area contributed by atoms with Gasteiger partial charge in [0.05, 0.1) is 17.0 Å². The van der Waals surface area contributed by atoms with Gasteiger partial charge in [0, 0.05) is 32.6 Å². The lowest BCUT2D eigenvalue weighted by molar-refractivity contribution is 0.302. The molecule has 0 fully saturated rings. The Morgan fingerprint density at radius 2 is 1.48 bits per heavy atom. The zero-order valence-electron chi connectivity index (χ0n) is 16.8. The van der Waals surface area contributed by atoms with Gasteiger partial charge in [0.15, 0.2) is 0 Å². The molecule has 2 aromatic carbocycles. The molecule has 0 saturated heterocycles. The van der Waals surface area contributed by atoms with Crippen LogP contribution < -0.4 is 15.9 Å². The molecule has 0 unspecified atom stereocenters. The Bertz CT molecular complexity index is 1300. The SMILES string of the molecule is Cc1[nH][nH]c(=O)c1C(c1ccccc1OCc1ccc(Cl)cc1Cl)c1c(C)[nH][nH]c1=O. The fraction of sp³-hybridized carbons (Fsp3) is 0.182. The maximum atomic E-state index is 12.7. The fourth-order valence-electron chi connectivity index (χ4n) is 3.71. The summed E-state index contributed by atoms with van der Waals surface area (Å²) in [5, 5.41) is 11.9. The minimum Gasteiger partial charge on any atom is -0.489 e. The van der Waals surface area contributed by atoms with Crippen LogP contribution in [0.4, 0.5) is 0 Å². The Hall–Kier alpha value is -3.16. The number of hydrogen-bond donors (Lipinski definition) is 4. The molecule has 4 N–H and O–H groups in total. The first-order valence-electron chi connectivity index (χ1n) is 9.56. The van der Waals surface area contributed by atoms with Crippen LogP contribution in [0.1, 0.15) is 39.6 Å². The largest absolute Gasteiger partial charge is 0.489 e. The highest BCUT2D eigenvalue weighted by atomic mass is 35.5. The quantitative estimate of drug-likeness (QED) is 0.343. The number of halogens is 2. The van der Waals surface area contributed by atoms with Crippen LogP contribution in [0.2, 0.25) is 10.0 Å². The number of nitrogens with one attached hydrogen (secondary N) is 4. The van der Waals surface area contributed by atoms with Crippen molar-refractivity contribution in [2.75, 3.05) is 0 Å². The van der Waals surface area contributed by atoms with Gasteiger partial charge in [-0.2, -0.15) is 0 Å². The highest BCUT2D eigenvalue weighted by molar-refractivity contribution is 6.35. The first-order chi connectivity index (χ1) is 14.9. The van der Waals surface area contributed by atoms with E-state index in [0.717, 1.165) is 5.56 Å². The summed E-state index contributed by atoms with van der Waals surface area (Å²) in [6, 6.07) is 12.5. The monoisotopic (exact) mass is 458 g/mol. The number of aryl methyl sites for hydroxylation is 2. The predicted molar refractivity (Wildman–Crippen MR) is 120 cm³/mol. The van der Waals surface area contributed by atoms with Crippen molar-refractivity contribution in [1.29, 1.82) is 0 Å². The maximum Gasteiger partial charge on any atom is 0.268 e. The van der Waals surface area contributed by atoms with E-state index in [2.05, 4.69) is 20.4 Å². The second-order valence-electron chi connectivity index (χ2n) is 7.23. The zero-order valence-corrected chi connectivity index (χ0v) is 18.3. The topological polar surface area (TPSA) is 107 Å². The van der Waals surface area contributed by atoms with Gasteiger partial charge in [-0.3, -0.25) is 19.8 Å². The van der Waals surface area contributed by atoms with Crippen LogP contribution in [0.25, 0.3) is 0 Å². The van der Waals surface area contributed by atoms with Crippen molar-refractivity contribution in [3.8, 4) is 5.75 Å². The van der Waals surface area contributed by atoms with Gasteiger partial charge >= 0.3 is 0 Å². The Balaban J connectivity index is 1.82. The average Bonchev–Trinajstić information content (AvgIpc) is 3.25. The molecule has 0 atom stereocenters. The Morgan fingerprint density at radius 1 is 0.871 bits per heavy atom. The number of aromatic amines is 4. The highest BCUT2D eigenvalue weighted by Gasteiger charge is 2.30. The molecule has 0 saturated carbocycles. The number of para-hydroxylation sites is 1. The standard InChI is InChI=1S/C22H20Cl2N4O3/c1-11-18(21(29)27-25-11)20(19-12(2)26-28-22(19)30)15-5-3-4-6-17(15)31-10-13-7-8-14(23)9-16(13)24/h3-9,20H,10H2,1-2H3,(H2,25,27,29)(H2,26,28,30). The van der Waals surface area contributed by atoms with E-state index in [9.17, 15) is 9.59 Å². The molecule has 0 aliphatic rings. The third kappa shape index (κ3) is 4.06. The average molecular weight is 459 g/mol. The second-order valence-corrected chi connectivity index (χ2v) is 8.07. The van der Waals surface area contributed by atoms with Crippen LogP contribution in [0.5, 0.6) is 5.75 Å². The normalized spacial score (nSPS) is 11.3. The summed E-state index contributed by atoms with van der Waals surface area (Å²) >= 11 is 12.3. The lowest BCUT2D eigenvalue weighted by Crippen LogP contribution is -2.21. The van der Waals surface area contributed by atoms with Crippen molar-refractivity contribution in [3.63, 3.8) is 0 Å². The highest BCUT2D eigenvalue weighted by Crippen LogP contribution is 2.37. The molecule has 0 aliphatic carbocycles. The molecule has 9 heteroatoms. The molecule has 0 radical (unpaired) electrons. The molecule has 4 aromatic rings. The van der Waals surface area contributed by atoms with E-state index in [-0.39, 0.29) is 17.7 Å². The van der Waals surface area contributed by atoms with Gasteiger partial charge in [-0.1, -0.05) is 47.5 Å². The number of ether oxygens (including phenoxy) is 1. The number of benzene rings is 2. The van der Waals surface area contributed by atoms with Crippen LogP contribution in [-0.4, -0.2) is 20.4 Å². The molecule has 4 rings (SSSR count). The summed E-state index contributed by atoms with van der Waals surface area (Å²) in [7, 11) is 0. The maximum absolute atomic E-state index is 12.7. The molecule has 160 valence electrons. The third-order valence-electron chi connectivity index (χ3n) is 5.23. The van der Waals surface area contributed by atoms with E-state index in [1.54, 1.807) is 38.1 Å². The molecule has 7 nitrogen and oxygen atoms in total. The van der Waals surface area contributed by atoms with E-state index in [1.165, 1.54) is 0 Å². The van der Waals surface area contributed by atoms with Crippen LogP contribution in [0, 0.1) is 13.8 Å². The lowest BCUT2D eigenvalue weighted by atomic mass is 9.85. The predicted octanol–water partition coefficient (Wildman–Crippen LogP) is 4.40. The van der Waals surface area contributed by atoms with Crippen molar-refractivity contribution >= 4 is 23.2 Å². The van der Waals surface area contributed by atoms with Crippen molar-refractivity contribution in [3.05, 3.63) is 107 Å². The van der Waals surface area contributed by atoms with E-state index in [4.69, 9.17) is 27.9 Å². The molecular weight excluding hydrogens is 439 g/mol. The summed E-state index contributed by atoms with van der Waals surface area (Å²) in [5.41, 5.74) is 3.06. The molecule has 0 aliphatic heterocycles. The molecule has 0 bridgehead atoms. The smallest absolute Gasteiger partial charge is 0.268 e. The van der Waals surface area contributed by atoms with Gasteiger partial charge in [0.1, 0.15) is 12.4 Å².